The van der Waals surface area contributed by atoms with Gasteiger partial charge in [0.1, 0.15) is 0 Å². The Morgan fingerprint density at radius 2 is 2.18 bits per heavy atom. The van der Waals surface area contributed by atoms with Gasteiger partial charge in [-0.2, -0.15) is 9.50 Å². The van der Waals surface area contributed by atoms with Crippen LogP contribution in [0.15, 0.2) is 6.07 Å². The van der Waals surface area contributed by atoms with Gasteiger partial charge in [-0.15, -0.1) is 5.10 Å². The first-order valence-electron chi connectivity index (χ1n) is 5.08. The second kappa shape index (κ2) is 4.00. The number of rotatable bonds is 3. The number of fused-ring (bicyclic) bond motifs is 1. The molecule has 2 aromatic rings. The molecule has 0 aliphatic rings. The molecule has 2 aromatic heterocycles. The van der Waals surface area contributed by atoms with Crippen LogP contribution in [0.4, 0.5) is 0 Å². The van der Waals surface area contributed by atoms with Gasteiger partial charge in [0, 0.05) is 5.69 Å². The van der Waals surface area contributed by atoms with Crippen molar-refractivity contribution in [3.8, 4) is 6.01 Å². The van der Waals surface area contributed by atoms with Crippen molar-refractivity contribution in [2.75, 3.05) is 7.11 Å². The third kappa shape index (κ3) is 1.91. The number of carboxylic acids is 1. The highest BCUT2D eigenvalue weighted by Crippen LogP contribution is 2.16. The zero-order valence-electron chi connectivity index (χ0n) is 9.71. The van der Waals surface area contributed by atoms with Crippen LogP contribution in [-0.4, -0.2) is 37.8 Å². The maximum atomic E-state index is 11.1. The Bertz CT molecular complexity index is 576. The maximum Gasteiger partial charge on any atom is 0.354 e. The molecule has 0 aliphatic heterocycles. The molecule has 1 N–H and O–H groups in total. The molecule has 0 amide bonds. The third-order valence-electron chi connectivity index (χ3n) is 2.31. The first-order chi connectivity index (χ1) is 8.02. The van der Waals surface area contributed by atoms with Gasteiger partial charge in [-0.25, -0.2) is 9.78 Å². The monoisotopic (exact) mass is 236 g/mol. The fourth-order valence-corrected chi connectivity index (χ4v) is 1.40. The Labute approximate surface area is 97.1 Å². The second-order valence-electron chi connectivity index (χ2n) is 3.84. The lowest BCUT2D eigenvalue weighted by Gasteiger charge is -2.05. The van der Waals surface area contributed by atoms with Crippen LogP contribution in [0, 0.1) is 0 Å². The molecule has 0 atom stereocenters. The average Bonchev–Trinajstić information content (AvgIpc) is 2.69. The first kappa shape index (κ1) is 11.3. The molecule has 90 valence electrons. The lowest BCUT2D eigenvalue weighted by atomic mass is 10.1. The van der Waals surface area contributed by atoms with Crippen molar-refractivity contribution < 1.29 is 14.6 Å². The molecule has 0 aliphatic carbocycles. The molecule has 0 fully saturated rings. The first-order valence-corrected chi connectivity index (χ1v) is 5.08. The molecule has 7 nitrogen and oxygen atoms in total. The van der Waals surface area contributed by atoms with E-state index in [2.05, 4.69) is 15.1 Å². The molecule has 0 aromatic carbocycles. The van der Waals surface area contributed by atoms with Gasteiger partial charge in [-0.3, -0.25) is 0 Å². The predicted molar refractivity (Wildman–Crippen MR) is 58.4 cm³/mol. The third-order valence-corrected chi connectivity index (χ3v) is 2.31. The van der Waals surface area contributed by atoms with Crippen LogP contribution in [0.25, 0.3) is 5.78 Å². The molecule has 0 spiro atoms. The minimum Gasteiger partial charge on any atom is -0.477 e. The number of hydrogen-bond acceptors (Lipinski definition) is 5. The van der Waals surface area contributed by atoms with Gasteiger partial charge in [0.25, 0.3) is 5.78 Å². The molecule has 2 heterocycles. The van der Waals surface area contributed by atoms with Crippen molar-refractivity contribution >= 4 is 11.7 Å². The van der Waals surface area contributed by atoms with Gasteiger partial charge in [0.2, 0.25) is 0 Å². The summed E-state index contributed by atoms with van der Waals surface area (Å²) in [6.07, 6.45) is 0. The summed E-state index contributed by atoms with van der Waals surface area (Å²) in [7, 11) is 1.42. The minimum atomic E-state index is -1.08. The van der Waals surface area contributed by atoms with Crippen molar-refractivity contribution in [1.29, 1.82) is 0 Å². The SMILES string of the molecule is COc1nc2nc(C(C)C)cc(C(=O)O)n2n1. The fraction of sp³-hybridized carbons (Fsp3) is 0.400. The second-order valence-corrected chi connectivity index (χ2v) is 3.84. The number of ether oxygens (including phenoxy) is 1. The highest BCUT2D eigenvalue weighted by atomic mass is 16.5. The van der Waals surface area contributed by atoms with E-state index in [4.69, 9.17) is 9.84 Å². The zero-order valence-corrected chi connectivity index (χ0v) is 9.71. The Kier molecular flexibility index (Phi) is 2.66. The summed E-state index contributed by atoms with van der Waals surface area (Å²) >= 11 is 0. The van der Waals surface area contributed by atoms with Crippen molar-refractivity contribution in [2.45, 2.75) is 19.8 Å². The number of aromatic nitrogens is 4. The van der Waals surface area contributed by atoms with E-state index in [1.54, 1.807) is 0 Å². The summed E-state index contributed by atoms with van der Waals surface area (Å²) in [5.74, 6) is -0.738. The minimum absolute atomic E-state index is 0.0227. The van der Waals surface area contributed by atoms with Crippen LogP contribution in [0.1, 0.15) is 35.9 Å². The van der Waals surface area contributed by atoms with Crippen molar-refractivity contribution in [1.82, 2.24) is 19.6 Å². The van der Waals surface area contributed by atoms with Gasteiger partial charge in [0.15, 0.2) is 5.69 Å². The highest BCUT2D eigenvalue weighted by molar-refractivity contribution is 5.86. The molecule has 0 bridgehead atoms. The van der Waals surface area contributed by atoms with Crippen molar-refractivity contribution in [3.63, 3.8) is 0 Å². The van der Waals surface area contributed by atoms with E-state index < -0.39 is 5.97 Å². The van der Waals surface area contributed by atoms with Gasteiger partial charge in [0.05, 0.1) is 7.11 Å². The van der Waals surface area contributed by atoms with Gasteiger partial charge in [-0.1, -0.05) is 13.8 Å². The number of carboxylic acid groups (broad SMARTS) is 1. The molecular formula is C10H12N4O3. The van der Waals surface area contributed by atoms with E-state index >= 15 is 0 Å². The molecule has 17 heavy (non-hydrogen) atoms. The van der Waals surface area contributed by atoms with Crippen molar-refractivity contribution in [2.24, 2.45) is 0 Å². The van der Waals surface area contributed by atoms with Crippen LogP contribution >= 0.6 is 0 Å². The number of nitrogens with zero attached hydrogens (tertiary/aromatic N) is 4. The number of aromatic carboxylic acids is 1. The number of methoxy groups -OCH3 is 1. The van der Waals surface area contributed by atoms with E-state index in [-0.39, 0.29) is 23.4 Å². The number of carbonyl (C=O) groups is 1. The fourth-order valence-electron chi connectivity index (χ4n) is 1.40. The van der Waals surface area contributed by atoms with E-state index in [0.717, 1.165) is 4.52 Å². The van der Waals surface area contributed by atoms with E-state index in [9.17, 15) is 4.79 Å². The van der Waals surface area contributed by atoms with E-state index in [0.29, 0.717) is 5.69 Å². The summed E-state index contributed by atoms with van der Waals surface area (Å²) < 4.78 is 6.02. The number of hydrogen-bond donors (Lipinski definition) is 1. The van der Waals surface area contributed by atoms with Crippen LogP contribution < -0.4 is 4.74 Å². The predicted octanol–water partition coefficient (Wildman–Crippen LogP) is 0.954. The molecule has 7 heteroatoms. The smallest absolute Gasteiger partial charge is 0.354 e. The molecule has 0 saturated carbocycles. The quantitative estimate of drug-likeness (QED) is 0.853. The van der Waals surface area contributed by atoms with E-state index in [1.807, 2.05) is 13.8 Å². The van der Waals surface area contributed by atoms with Crippen LogP contribution in [0.5, 0.6) is 6.01 Å². The van der Waals surface area contributed by atoms with Gasteiger partial charge >= 0.3 is 12.0 Å². The van der Waals surface area contributed by atoms with Crippen LogP contribution in [0.2, 0.25) is 0 Å². The Morgan fingerprint density at radius 3 is 2.71 bits per heavy atom. The Hall–Kier alpha value is -2.18. The average molecular weight is 236 g/mol. The van der Waals surface area contributed by atoms with Gasteiger partial charge in [-0.05, 0) is 12.0 Å². The van der Waals surface area contributed by atoms with Crippen LogP contribution in [0.3, 0.4) is 0 Å². The molecule has 0 saturated heterocycles. The highest BCUT2D eigenvalue weighted by Gasteiger charge is 2.17. The topological polar surface area (TPSA) is 89.6 Å². The normalized spacial score (nSPS) is 11.1. The Balaban J connectivity index is 2.74. The molecule has 2 rings (SSSR count). The summed E-state index contributed by atoms with van der Waals surface area (Å²) in [4.78, 5) is 19.3. The molecule has 0 unspecified atom stereocenters. The van der Waals surface area contributed by atoms with Crippen LogP contribution in [-0.2, 0) is 0 Å². The largest absolute Gasteiger partial charge is 0.477 e. The summed E-state index contributed by atoms with van der Waals surface area (Å²) in [5, 5.41) is 13.0. The summed E-state index contributed by atoms with van der Waals surface area (Å²) in [6, 6.07) is 1.59. The molecular weight excluding hydrogens is 224 g/mol. The maximum absolute atomic E-state index is 11.1. The Morgan fingerprint density at radius 1 is 1.47 bits per heavy atom. The lowest BCUT2D eigenvalue weighted by molar-refractivity contribution is 0.0687. The van der Waals surface area contributed by atoms with Crippen molar-refractivity contribution in [3.05, 3.63) is 17.5 Å². The standard InChI is InChI=1S/C10H12N4O3/c1-5(2)6-4-7(8(15)16)14-9(11-6)12-10(13-14)17-3/h4-5H,1-3H3,(H,15,16). The summed E-state index contributed by atoms with van der Waals surface area (Å²) in [6.45, 7) is 3.86. The zero-order chi connectivity index (χ0) is 12.6. The lowest BCUT2D eigenvalue weighted by Crippen LogP contribution is -2.10. The van der Waals surface area contributed by atoms with Gasteiger partial charge < -0.3 is 9.84 Å². The van der Waals surface area contributed by atoms with E-state index in [1.165, 1.54) is 13.2 Å². The molecule has 0 radical (unpaired) electrons. The summed E-state index contributed by atoms with van der Waals surface area (Å²) in [5.41, 5.74) is 0.680.